The van der Waals surface area contributed by atoms with Crippen LogP contribution >= 0.6 is 0 Å². The Bertz CT molecular complexity index is 1260. The highest BCUT2D eigenvalue weighted by Crippen LogP contribution is 2.27. The number of nitrogens with zero attached hydrogens (tertiary/aromatic N) is 2. The minimum absolute atomic E-state index is 0.0312. The summed E-state index contributed by atoms with van der Waals surface area (Å²) < 4.78 is 40.3. The number of carboxylic acids is 1. The van der Waals surface area contributed by atoms with Crippen molar-refractivity contribution in [3.63, 3.8) is 0 Å². The summed E-state index contributed by atoms with van der Waals surface area (Å²) in [5, 5.41) is 9.39. The fraction of sp³-hybridized carbons (Fsp3) is 0.333. The molecule has 3 rings (SSSR count). The second-order valence-electron chi connectivity index (χ2n) is 8.25. The van der Waals surface area contributed by atoms with Crippen LogP contribution in [-0.2, 0) is 26.9 Å². The topological polar surface area (TPSA) is 89.3 Å². The number of halogens is 1. The zero-order chi connectivity index (χ0) is 23.5. The molecule has 0 spiro atoms. The van der Waals surface area contributed by atoms with E-state index in [0.717, 1.165) is 25.0 Å². The second kappa shape index (κ2) is 9.65. The van der Waals surface area contributed by atoms with Gasteiger partial charge < -0.3 is 9.67 Å². The Morgan fingerprint density at radius 1 is 1.19 bits per heavy atom. The Hall–Kier alpha value is -3.00. The van der Waals surface area contributed by atoms with Gasteiger partial charge in [-0.25, -0.2) is 17.8 Å². The molecule has 1 unspecified atom stereocenters. The molecule has 0 radical (unpaired) electrons. The van der Waals surface area contributed by atoms with Crippen molar-refractivity contribution in [3.8, 4) is 0 Å². The Kier molecular flexibility index (Phi) is 7.13. The molecule has 0 saturated heterocycles. The van der Waals surface area contributed by atoms with Gasteiger partial charge in [0.2, 0.25) is 0 Å². The summed E-state index contributed by atoms with van der Waals surface area (Å²) in [5.41, 5.74) is 2.97. The summed E-state index contributed by atoms with van der Waals surface area (Å²) in [4.78, 5) is 16.2. The molecule has 0 amide bonds. The lowest BCUT2D eigenvalue weighted by Crippen LogP contribution is -2.13. The number of imidazole rings is 1. The van der Waals surface area contributed by atoms with Crippen LogP contribution in [0.5, 0.6) is 0 Å². The van der Waals surface area contributed by atoms with E-state index in [9.17, 15) is 22.7 Å². The van der Waals surface area contributed by atoms with Crippen molar-refractivity contribution in [1.82, 2.24) is 9.55 Å². The van der Waals surface area contributed by atoms with Gasteiger partial charge in [-0.1, -0.05) is 24.6 Å². The van der Waals surface area contributed by atoms with Crippen molar-refractivity contribution >= 4 is 26.8 Å². The number of fused-ring (bicyclic) bond motifs is 1. The molecular weight excluding hydrogens is 431 g/mol. The molecule has 1 aromatic heterocycles. The number of benzene rings is 2. The van der Waals surface area contributed by atoms with E-state index in [1.54, 1.807) is 22.8 Å². The van der Waals surface area contributed by atoms with Crippen LogP contribution in [0.2, 0.25) is 0 Å². The SMILES string of the molecule is CC(C)=CCCC(C)c1nc2cc(CS(=O)(=O)c3ccc(F)cc3)ccc2n1CC(=O)O. The molecule has 0 saturated carbocycles. The lowest BCUT2D eigenvalue weighted by molar-refractivity contribution is -0.137. The maximum atomic E-state index is 13.1. The first-order valence-electron chi connectivity index (χ1n) is 10.4. The molecule has 0 aliphatic rings. The highest BCUT2D eigenvalue weighted by atomic mass is 32.2. The third-order valence-corrected chi connectivity index (χ3v) is 6.96. The molecule has 2 aromatic carbocycles. The predicted octanol–water partition coefficient (Wildman–Crippen LogP) is 5.08. The number of allylic oxidation sites excluding steroid dienone is 2. The van der Waals surface area contributed by atoms with E-state index in [0.29, 0.717) is 22.4 Å². The average molecular weight is 459 g/mol. The number of aromatic nitrogens is 2. The van der Waals surface area contributed by atoms with Gasteiger partial charge in [0.25, 0.3) is 0 Å². The second-order valence-corrected chi connectivity index (χ2v) is 10.2. The van der Waals surface area contributed by atoms with Crippen molar-refractivity contribution in [1.29, 1.82) is 0 Å². The molecule has 1 N–H and O–H groups in total. The predicted molar refractivity (Wildman–Crippen MR) is 122 cm³/mol. The van der Waals surface area contributed by atoms with Crippen molar-refractivity contribution in [2.75, 3.05) is 0 Å². The molecule has 6 nitrogen and oxygen atoms in total. The van der Waals surface area contributed by atoms with Crippen LogP contribution in [0.3, 0.4) is 0 Å². The highest BCUT2D eigenvalue weighted by Gasteiger charge is 2.20. The molecule has 0 bridgehead atoms. The summed E-state index contributed by atoms with van der Waals surface area (Å²) in [7, 11) is -3.66. The number of hydrogen-bond acceptors (Lipinski definition) is 4. The lowest BCUT2D eigenvalue weighted by Gasteiger charge is -2.12. The molecular formula is C24H27FN2O4S. The standard InChI is InChI=1S/C24H27FN2O4S/c1-16(2)5-4-6-17(3)24-26-21-13-18(7-12-22(21)27(24)14-23(28)29)15-32(30,31)20-10-8-19(25)9-11-20/h5,7-13,17H,4,6,14-15H2,1-3H3,(H,28,29). The highest BCUT2D eigenvalue weighted by molar-refractivity contribution is 7.90. The molecule has 0 fully saturated rings. The first kappa shape index (κ1) is 23.7. The first-order valence-corrected chi connectivity index (χ1v) is 12.0. The molecule has 170 valence electrons. The van der Waals surface area contributed by atoms with Crippen LogP contribution in [-0.4, -0.2) is 29.0 Å². The summed E-state index contributed by atoms with van der Waals surface area (Å²) in [6.45, 7) is 5.86. The zero-order valence-electron chi connectivity index (χ0n) is 18.4. The summed E-state index contributed by atoms with van der Waals surface area (Å²) in [6, 6.07) is 9.79. The minimum atomic E-state index is -3.66. The largest absolute Gasteiger partial charge is 0.480 e. The Balaban J connectivity index is 1.94. The third kappa shape index (κ3) is 5.62. The quantitative estimate of drug-likeness (QED) is 0.357. The van der Waals surface area contributed by atoms with Gasteiger partial charge in [-0.3, -0.25) is 4.79 Å². The van der Waals surface area contributed by atoms with E-state index in [2.05, 4.69) is 11.1 Å². The maximum absolute atomic E-state index is 13.1. The molecule has 1 heterocycles. The van der Waals surface area contributed by atoms with Crippen molar-refractivity contribution in [3.05, 3.63) is 71.3 Å². The average Bonchev–Trinajstić information content (AvgIpc) is 3.04. The zero-order valence-corrected chi connectivity index (χ0v) is 19.2. The van der Waals surface area contributed by atoms with E-state index >= 15 is 0 Å². The number of hydrogen-bond donors (Lipinski definition) is 1. The number of sulfone groups is 1. The fourth-order valence-corrected chi connectivity index (χ4v) is 4.99. The third-order valence-electron chi connectivity index (χ3n) is 5.26. The van der Waals surface area contributed by atoms with Crippen LogP contribution in [0.4, 0.5) is 4.39 Å². The number of carboxylic acid groups (broad SMARTS) is 1. The summed E-state index contributed by atoms with van der Waals surface area (Å²) in [5.74, 6) is -1.02. The van der Waals surface area contributed by atoms with Crippen LogP contribution in [0.25, 0.3) is 11.0 Å². The molecule has 1 atom stereocenters. The molecule has 8 heteroatoms. The summed E-state index contributed by atoms with van der Waals surface area (Å²) >= 11 is 0. The van der Waals surface area contributed by atoms with Crippen LogP contribution in [0, 0.1) is 5.82 Å². The van der Waals surface area contributed by atoms with E-state index in [1.807, 2.05) is 20.8 Å². The fourth-order valence-electron chi connectivity index (χ4n) is 3.66. The lowest BCUT2D eigenvalue weighted by atomic mass is 10.0. The Morgan fingerprint density at radius 2 is 1.88 bits per heavy atom. The van der Waals surface area contributed by atoms with Crippen LogP contribution < -0.4 is 0 Å². The number of rotatable bonds is 9. The van der Waals surface area contributed by atoms with Crippen molar-refractivity contribution in [2.24, 2.45) is 0 Å². The van der Waals surface area contributed by atoms with E-state index < -0.39 is 21.6 Å². The van der Waals surface area contributed by atoms with Gasteiger partial charge in [0.15, 0.2) is 9.84 Å². The van der Waals surface area contributed by atoms with Gasteiger partial charge in [-0.05, 0) is 68.7 Å². The first-order chi connectivity index (χ1) is 15.1. The van der Waals surface area contributed by atoms with Gasteiger partial charge in [0.1, 0.15) is 18.2 Å². The van der Waals surface area contributed by atoms with E-state index in [1.165, 1.54) is 17.7 Å². The normalized spacial score (nSPS) is 12.6. The van der Waals surface area contributed by atoms with Gasteiger partial charge in [-0.15, -0.1) is 0 Å². The van der Waals surface area contributed by atoms with E-state index in [-0.39, 0.29) is 23.1 Å². The van der Waals surface area contributed by atoms with Gasteiger partial charge in [0, 0.05) is 5.92 Å². The van der Waals surface area contributed by atoms with Gasteiger partial charge in [-0.2, -0.15) is 0 Å². The monoisotopic (exact) mass is 458 g/mol. The van der Waals surface area contributed by atoms with E-state index in [4.69, 9.17) is 0 Å². The number of carbonyl (C=O) groups is 1. The number of aliphatic carboxylic acids is 1. The van der Waals surface area contributed by atoms with Crippen LogP contribution in [0.1, 0.15) is 50.9 Å². The molecule has 0 aliphatic carbocycles. The molecule has 32 heavy (non-hydrogen) atoms. The van der Waals surface area contributed by atoms with Gasteiger partial charge in [0.05, 0.1) is 21.7 Å². The van der Waals surface area contributed by atoms with Crippen molar-refractivity contribution in [2.45, 2.75) is 56.7 Å². The van der Waals surface area contributed by atoms with Gasteiger partial charge >= 0.3 is 5.97 Å². The van der Waals surface area contributed by atoms with Crippen LogP contribution in [0.15, 0.2) is 59.0 Å². The Labute approximate surface area is 187 Å². The molecule has 3 aromatic rings. The summed E-state index contributed by atoms with van der Waals surface area (Å²) in [6.07, 6.45) is 3.82. The van der Waals surface area contributed by atoms with Crippen molar-refractivity contribution < 1.29 is 22.7 Å². The maximum Gasteiger partial charge on any atom is 0.323 e. The smallest absolute Gasteiger partial charge is 0.323 e. The minimum Gasteiger partial charge on any atom is -0.480 e. The molecule has 0 aliphatic heterocycles. The Morgan fingerprint density at radius 3 is 2.50 bits per heavy atom.